The van der Waals surface area contributed by atoms with Gasteiger partial charge in [0.2, 0.25) is 0 Å². The Kier molecular flexibility index (Phi) is 4.91. The number of methoxy groups -OCH3 is 1. The first-order valence-corrected chi connectivity index (χ1v) is 8.01. The van der Waals surface area contributed by atoms with E-state index in [0.29, 0.717) is 23.5 Å². The Balaban J connectivity index is 2.11. The molecule has 0 bridgehead atoms. The average molecular weight is 268 g/mol. The zero-order valence-corrected chi connectivity index (χ0v) is 13.4. The van der Waals surface area contributed by atoms with Crippen molar-refractivity contribution in [2.24, 2.45) is 11.8 Å². The number of hydrogen-bond acceptors (Lipinski definition) is 3. The average Bonchev–Trinajstić information content (AvgIpc) is 3.20. The summed E-state index contributed by atoms with van der Waals surface area (Å²) < 4.78 is 5.49. The Morgan fingerprint density at radius 3 is 2.53 bits per heavy atom. The van der Waals surface area contributed by atoms with E-state index in [1.165, 1.54) is 25.8 Å². The second kappa shape index (κ2) is 6.11. The molecule has 0 spiro atoms. The third kappa shape index (κ3) is 3.32. The smallest absolute Gasteiger partial charge is 0.0620 e. The van der Waals surface area contributed by atoms with E-state index < -0.39 is 0 Å². The van der Waals surface area contributed by atoms with Crippen molar-refractivity contribution in [2.45, 2.75) is 64.6 Å². The molecule has 19 heavy (non-hydrogen) atoms. The van der Waals surface area contributed by atoms with Crippen LogP contribution in [0.2, 0.25) is 0 Å². The van der Waals surface area contributed by atoms with Crippen LogP contribution in [0, 0.1) is 11.8 Å². The number of rotatable bonds is 6. The fraction of sp³-hybridized carbons (Fsp3) is 1.00. The lowest BCUT2D eigenvalue weighted by Gasteiger charge is -2.50. The molecule has 0 aromatic rings. The molecular weight excluding hydrogens is 236 g/mol. The van der Waals surface area contributed by atoms with E-state index in [1.807, 2.05) is 7.11 Å². The molecule has 2 fully saturated rings. The zero-order valence-electron chi connectivity index (χ0n) is 13.4. The Hall–Kier alpha value is -0.120. The lowest BCUT2D eigenvalue weighted by molar-refractivity contribution is -0.0124. The molecule has 112 valence electrons. The maximum Gasteiger partial charge on any atom is 0.0620 e. The Labute approximate surface area is 119 Å². The normalized spacial score (nSPS) is 34.7. The van der Waals surface area contributed by atoms with Gasteiger partial charge in [0.25, 0.3) is 0 Å². The molecule has 1 aliphatic heterocycles. The maximum absolute atomic E-state index is 5.49. The molecule has 0 aromatic heterocycles. The molecule has 2 aliphatic rings. The second-order valence-corrected chi connectivity index (χ2v) is 7.07. The number of ether oxygens (including phenoxy) is 1. The molecule has 0 aromatic carbocycles. The molecule has 1 saturated heterocycles. The van der Waals surface area contributed by atoms with Gasteiger partial charge >= 0.3 is 0 Å². The van der Waals surface area contributed by atoms with Gasteiger partial charge in [-0.3, -0.25) is 4.90 Å². The first-order chi connectivity index (χ1) is 9.01. The van der Waals surface area contributed by atoms with E-state index in [-0.39, 0.29) is 0 Å². The van der Waals surface area contributed by atoms with Crippen LogP contribution < -0.4 is 5.32 Å². The second-order valence-electron chi connectivity index (χ2n) is 7.07. The highest BCUT2D eigenvalue weighted by Crippen LogP contribution is 2.42. The van der Waals surface area contributed by atoms with Gasteiger partial charge in [0.05, 0.1) is 6.61 Å². The highest BCUT2D eigenvalue weighted by Gasteiger charge is 2.47. The fourth-order valence-corrected chi connectivity index (χ4v) is 3.64. The minimum Gasteiger partial charge on any atom is -0.383 e. The molecule has 1 aliphatic carbocycles. The van der Waals surface area contributed by atoms with E-state index in [9.17, 15) is 0 Å². The van der Waals surface area contributed by atoms with Gasteiger partial charge in [-0.15, -0.1) is 0 Å². The predicted molar refractivity (Wildman–Crippen MR) is 80.4 cm³/mol. The van der Waals surface area contributed by atoms with Crippen LogP contribution in [-0.4, -0.2) is 49.3 Å². The Morgan fingerprint density at radius 2 is 2.05 bits per heavy atom. The Bertz CT molecular complexity index is 290. The van der Waals surface area contributed by atoms with Gasteiger partial charge in [-0.1, -0.05) is 20.8 Å². The largest absolute Gasteiger partial charge is 0.383 e. The van der Waals surface area contributed by atoms with E-state index in [0.717, 1.165) is 19.1 Å². The lowest BCUT2D eigenvalue weighted by atomic mass is 9.87. The molecule has 3 unspecified atom stereocenters. The minimum absolute atomic E-state index is 0.326. The van der Waals surface area contributed by atoms with Crippen LogP contribution in [-0.2, 0) is 4.74 Å². The molecule has 2 rings (SSSR count). The van der Waals surface area contributed by atoms with Crippen LogP contribution in [0.1, 0.15) is 47.0 Å². The van der Waals surface area contributed by atoms with Crippen molar-refractivity contribution in [1.29, 1.82) is 0 Å². The summed E-state index contributed by atoms with van der Waals surface area (Å²) in [6, 6.07) is 1.21. The number of hydrogen-bond donors (Lipinski definition) is 1. The molecule has 1 heterocycles. The molecule has 1 saturated carbocycles. The minimum atomic E-state index is 0.326. The number of nitrogens with zero attached hydrogens (tertiary/aromatic N) is 1. The van der Waals surface area contributed by atoms with Crippen molar-refractivity contribution in [3.05, 3.63) is 0 Å². The number of piperazine rings is 1. The van der Waals surface area contributed by atoms with Gasteiger partial charge in [0.15, 0.2) is 0 Å². The summed E-state index contributed by atoms with van der Waals surface area (Å²) in [5.74, 6) is 1.54. The van der Waals surface area contributed by atoms with Gasteiger partial charge < -0.3 is 10.1 Å². The molecule has 3 atom stereocenters. The SMILES string of the molecule is CCC1CNC(C)(C2CC2)CN1C(COC)C(C)C. The van der Waals surface area contributed by atoms with E-state index >= 15 is 0 Å². The molecular formula is C16H32N2O. The maximum atomic E-state index is 5.49. The summed E-state index contributed by atoms with van der Waals surface area (Å²) in [6.45, 7) is 12.6. The van der Waals surface area contributed by atoms with Crippen LogP contribution in [0.5, 0.6) is 0 Å². The van der Waals surface area contributed by atoms with Crippen molar-refractivity contribution in [3.8, 4) is 0 Å². The van der Waals surface area contributed by atoms with Gasteiger partial charge in [-0.05, 0) is 38.0 Å². The highest BCUT2D eigenvalue weighted by molar-refractivity contribution is 5.05. The van der Waals surface area contributed by atoms with Gasteiger partial charge in [0.1, 0.15) is 0 Å². The van der Waals surface area contributed by atoms with Gasteiger partial charge in [-0.25, -0.2) is 0 Å². The van der Waals surface area contributed by atoms with Gasteiger partial charge in [0, 0.05) is 37.8 Å². The van der Waals surface area contributed by atoms with Gasteiger partial charge in [-0.2, -0.15) is 0 Å². The molecule has 0 amide bonds. The molecule has 3 nitrogen and oxygen atoms in total. The van der Waals surface area contributed by atoms with Crippen molar-refractivity contribution in [1.82, 2.24) is 10.2 Å². The fourth-order valence-electron chi connectivity index (χ4n) is 3.64. The summed E-state index contributed by atoms with van der Waals surface area (Å²) in [5.41, 5.74) is 0.326. The van der Waals surface area contributed by atoms with E-state index in [4.69, 9.17) is 4.74 Å². The lowest BCUT2D eigenvalue weighted by Crippen LogP contribution is -2.67. The van der Waals surface area contributed by atoms with Crippen molar-refractivity contribution in [3.63, 3.8) is 0 Å². The summed E-state index contributed by atoms with van der Waals surface area (Å²) in [4.78, 5) is 2.74. The van der Waals surface area contributed by atoms with Crippen LogP contribution in [0.15, 0.2) is 0 Å². The predicted octanol–water partition coefficient (Wildman–Crippen LogP) is 2.51. The van der Waals surface area contributed by atoms with Crippen molar-refractivity contribution < 1.29 is 4.74 Å². The summed E-state index contributed by atoms with van der Waals surface area (Å²) >= 11 is 0. The number of nitrogens with one attached hydrogen (secondary N) is 1. The summed E-state index contributed by atoms with van der Waals surface area (Å²) in [5, 5.41) is 3.84. The molecule has 0 radical (unpaired) electrons. The van der Waals surface area contributed by atoms with Crippen molar-refractivity contribution in [2.75, 3.05) is 26.8 Å². The van der Waals surface area contributed by atoms with E-state index in [1.54, 1.807) is 0 Å². The Morgan fingerprint density at radius 1 is 1.37 bits per heavy atom. The standard InChI is InChI=1S/C16H32N2O/c1-6-14-9-17-16(4,13-7-8-13)11-18(14)15(10-19-5)12(2)3/h12-15,17H,6-11H2,1-5H3. The van der Waals surface area contributed by atoms with E-state index in [2.05, 4.69) is 37.9 Å². The van der Waals surface area contributed by atoms with Crippen LogP contribution in [0.3, 0.4) is 0 Å². The summed E-state index contributed by atoms with van der Waals surface area (Å²) in [6.07, 6.45) is 4.04. The van der Waals surface area contributed by atoms with Crippen LogP contribution in [0.4, 0.5) is 0 Å². The highest BCUT2D eigenvalue weighted by atomic mass is 16.5. The first kappa shape index (κ1) is 15.3. The third-order valence-electron chi connectivity index (χ3n) is 5.20. The zero-order chi connectivity index (χ0) is 14.0. The quantitative estimate of drug-likeness (QED) is 0.801. The van der Waals surface area contributed by atoms with Crippen LogP contribution >= 0.6 is 0 Å². The molecule has 1 N–H and O–H groups in total. The van der Waals surface area contributed by atoms with Crippen molar-refractivity contribution >= 4 is 0 Å². The third-order valence-corrected chi connectivity index (χ3v) is 5.20. The molecule has 3 heteroatoms. The first-order valence-electron chi connectivity index (χ1n) is 8.01. The summed E-state index contributed by atoms with van der Waals surface area (Å²) in [7, 11) is 1.83. The van der Waals surface area contributed by atoms with Crippen LogP contribution in [0.25, 0.3) is 0 Å². The monoisotopic (exact) mass is 268 g/mol. The topological polar surface area (TPSA) is 24.5 Å².